The van der Waals surface area contributed by atoms with Gasteiger partial charge in [0.05, 0.1) is 7.05 Å². The molecule has 2 heterocycles. The molecular formula is C11H14BrN3O3. The van der Waals surface area contributed by atoms with Crippen LogP contribution in [-0.4, -0.2) is 38.7 Å². The predicted molar refractivity (Wildman–Crippen MR) is 69.9 cm³/mol. The van der Waals surface area contributed by atoms with E-state index in [1.807, 2.05) is 0 Å². The highest BCUT2D eigenvalue weighted by Gasteiger charge is 2.30. The first kappa shape index (κ1) is 13.1. The van der Waals surface area contributed by atoms with Gasteiger partial charge >= 0.3 is 5.82 Å². The molecule has 0 aromatic carbocycles. The van der Waals surface area contributed by atoms with Crippen molar-refractivity contribution in [3.05, 3.63) is 27.9 Å². The normalized spacial score (nSPS) is 19.2. The summed E-state index contributed by atoms with van der Waals surface area (Å²) in [5.41, 5.74) is 0.372. The molecule has 1 atom stereocenters. The average molecular weight is 316 g/mol. The molecule has 1 aromatic rings. The van der Waals surface area contributed by atoms with Gasteiger partial charge in [0.2, 0.25) is 0 Å². The fraction of sp³-hybridized carbons (Fsp3) is 0.545. The van der Waals surface area contributed by atoms with Crippen molar-refractivity contribution in [3.63, 3.8) is 0 Å². The van der Waals surface area contributed by atoms with Gasteiger partial charge in [-0.25, -0.2) is 4.57 Å². The fourth-order valence-corrected chi connectivity index (χ4v) is 2.73. The maximum Gasteiger partial charge on any atom is 0.323 e. The van der Waals surface area contributed by atoms with E-state index in [9.17, 15) is 14.9 Å². The standard InChI is InChI=1S/C11H14BrN3O3/c1-13-9(2-3-10(13)15(17)18)11(16)14-5-4-8(6-12)7-14/h2-3,8H,4-7H2,1H3. The molecule has 1 aliphatic heterocycles. The Morgan fingerprint density at radius 3 is 2.83 bits per heavy atom. The minimum absolute atomic E-state index is 0.0606. The van der Waals surface area contributed by atoms with E-state index >= 15 is 0 Å². The summed E-state index contributed by atoms with van der Waals surface area (Å²) < 4.78 is 1.34. The van der Waals surface area contributed by atoms with Crippen molar-refractivity contribution in [1.82, 2.24) is 9.47 Å². The molecule has 0 N–H and O–H groups in total. The molecule has 6 nitrogen and oxygen atoms in total. The lowest BCUT2D eigenvalue weighted by Crippen LogP contribution is -2.30. The quantitative estimate of drug-likeness (QED) is 0.485. The summed E-state index contributed by atoms with van der Waals surface area (Å²) >= 11 is 3.41. The molecule has 98 valence electrons. The van der Waals surface area contributed by atoms with E-state index in [0.29, 0.717) is 24.7 Å². The molecule has 1 amide bonds. The SMILES string of the molecule is Cn1c(C(=O)N2CCC(CBr)C2)ccc1[N+](=O)[O-]. The predicted octanol–water partition coefficient (Wildman–Crippen LogP) is 1.79. The first-order valence-corrected chi connectivity index (χ1v) is 6.82. The molecule has 1 aliphatic rings. The number of amides is 1. The van der Waals surface area contributed by atoms with Gasteiger partial charge in [-0.05, 0) is 23.3 Å². The molecule has 1 saturated heterocycles. The average Bonchev–Trinajstić information content (AvgIpc) is 2.94. The molecule has 0 bridgehead atoms. The van der Waals surface area contributed by atoms with Gasteiger partial charge in [-0.1, -0.05) is 15.9 Å². The van der Waals surface area contributed by atoms with E-state index in [2.05, 4.69) is 15.9 Å². The van der Waals surface area contributed by atoms with Crippen molar-refractivity contribution in [2.45, 2.75) is 6.42 Å². The monoisotopic (exact) mass is 315 g/mol. The van der Waals surface area contributed by atoms with Crippen molar-refractivity contribution in [1.29, 1.82) is 0 Å². The van der Waals surface area contributed by atoms with Crippen LogP contribution in [0.1, 0.15) is 16.9 Å². The van der Waals surface area contributed by atoms with Crippen molar-refractivity contribution >= 4 is 27.7 Å². The van der Waals surface area contributed by atoms with Crippen LogP contribution in [0.3, 0.4) is 0 Å². The highest BCUT2D eigenvalue weighted by molar-refractivity contribution is 9.09. The summed E-state index contributed by atoms with van der Waals surface area (Å²) in [6, 6.07) is 2.88. The molecule has 18 heavy (non-hydrogen) atoms. The van der Waals surface area contributed by atoms with Crippen molar-refractivity contribution in [2.75, 3.05) is 18.4 Å². The van der Waals surface area contributed by atoms with Crippen LogP contribution in [0, 0.1) is 16.0 Å². The first-order chi connectivity index (χ1) is 8.54. The maximum absolute atomic E-state index is 12.2. The van der Waals surface area contributed by atoms with E-state index in [0.717, 1.165) is 11.8 Å². The highest BCUT2D eigenvalue weighted by Crippen LogP contribution is 2.22. The van der Waals surface area contributed by atoms with Gasteiger partial charge in [0.25, 0.3) is 5.91 Å². The van der Waals surface area contributed by atoms with E-state index in [-0.39, 0.29) is 11.7 Å². The van der Waals surface area contributed by atoms with Crippen LogP contribution >= 0.6 is 15.9 Å². The van der Waals surface area contributed by atoms with E-state index in [4.69, 9.17) is 0 Å². The molecule has 7 heteroatoms. The largest absolute Gasteiger partial charge is 0.358 e. The van der Waals surface area contributed by atoms with Crippen LogP contribution in [0.25, 0.3) is 0 Å². The Hall–Kier alpha value is -1.37. The Morgan fingerprint density at radius 2 is 2.33 bits per heavy atom. The molecule has 0 saturated carbocycles. The minimum atomic E-state index is -0.484. The number of likely N-dealkylation sites (tertiary alicyclic amines) is 1. The Labute approximate surface area is 113 Å². The zero-order valence-corrected chi connectivity index (χ0v) is 11.6. The molecule has 1 unspecified atom stereocenters. The summed E-state index contributed by atoms with van der Waals surface area (Å²) in [6.45, 7) is 1.43. The van der Waals surface area contributed by atoms with Gasteiger partial charge in [-0.15, -0.1) is 0 Å². The van der Waals surface area contributed by atoms with Gasteiger partial charge in [0, 0.05) is 24.5 Å². The van der Waals surface area contributed by atoms with Crippen LogP contribution in [0.5, 0.6) is 0 Å². The minimum Gasteiger partial charge on any atom is -0.358 e. The zero-order valence-electron chi connectivity index (χ0n) is 10.0. The number of aromatic nitrogens is 1. The number of nitrogens with zero attached hydrogens (tertiary/aromatic N) is 3. The zero-order chi connectivity index (χ0) is 13.3. The Kier molecular flexibility index (Phi) is 3.70. The Bertz CT molecular complexity index is 486. The smallest absolute Gasteiger partial charge is 0.323 e. The summed E-state index contributed by atoms with van der Waals surface area (Å²) in [4.78, 5) is 24.2. The number of rotatable bonds is 3. The Balaban J connectivity index is 2.17. The van der Waals surface area contributed by atoms with Crippen LogP contribution in [0.2, 0.25) is 0 Å². The third-order valence-electron chi connectivity index (χ3n) is 3.29. The second kappa shape index (κ2) is 5.09. The van der Waals surface area contributed by atoms with Gasteiger partial charge in [-0.3, -0.25) is 4.79 Å². The molecular weight excluding hydrogens is 302 g/mol. The number of carbonyl (C=O) groups excluding carboxylic acids is 1. The van der Waals surface area contributed by atoms with Gasteiger partial charge in [0.15, 0.2) is 5.69 Å². The first-order valence-electron chi connectivity index (χ1n) is 5.70. The third-order valence-corrected chi connectivity index (χ3v) is 4.21. The lowest BCUT2D eigenvalue weighted by Gasteiger charge is -2.14. The van der Waals surface area contributed by atoms with Crippen molar-refractivity contribution in [2.24, 2.45) is 13.0 Å². The lowest BCUT2D eigenvalue weighted by molar-refractivity contribution is -0.391. The summed E-state index contributed by atoms with van der Waals surface area (Å²) in [6.07, 6.45) is 0.976. The van der Waals surface area contributed by atoms with Gasteiger partial charge < -0.3 is 15.0 Å². The van der Waals surface area contributed by atoms with Gasteiger partial charge in [0.1, 0.15) is 0 Å². The molecule has 0 spiro atoms. The van der Waals surface area contributed by atoms with Crippen LogP contribution in [0.4, 0.5) is 5.82 Å². The fourth-order valence-electron chi connectivity index (χ4n) is 2.20. The molecule has 1 fully saturated rings. The topological polar surface area (TPSA) is 68.4 Å². The van der Waals surface area contributed by atoms with E-state index in [1.54, 1.807) is 11.9 Å². The number of nitro groups is 1. The molecule has 0 aliphatic carbocycles. The van der Waals surface area contributed by atoms with Crippen LogP contribution in [-0.2, 0) is 7.05 Å². The van der Waals surface area contributed by atoms with Crippen LogP contribution in [0.15, 0.2) is 12.1 Å². The lowest BCUT2D eigenvalue weighted by atomic mass is 10.2. The van der Waals surface area contributed by atoms with Crippen molar-refractivity contribution < 1.29 is 9.72 Å². The summed E-state index contributed by atoms with van der Waals surface area (Å²) in [5, 5.41) is 11.6. The number of alkyl halides is 1. The number of halogens is 1. The van der Waals surface area contributed by atoms with Gasteiger partial charge in [-0.2, -0.15) is 0 Å². The molecule has 1 aromatic heterocycles. The van der Waals surface area contributed by atoms with E-state index < -0.39 is 4.92 Å². The number of hydrogen-bond donors (Lipinski definition) is 0. The number of carbonyl (C=O) groups is 1. The number of hydrogen-bond acceptors (Lipinski definition) is 3. The van der Waals surface area contributed by atoms with Crippen LogP contribution < -0.4 is 0 Å². The summed E-state index contributed by atoms with van der Waals surface area (Å²) in [5.74, 6) is 0.285. The second-order valence-corrected chi connectivity index (χ2v) is 5.10. The Morgan fingerprint density at radius 1 is 1.61 bits per heavy atom. The maximum atomic E-state index is 12.2. The second-order valence-electron chi connectivity index (χ2n) is 4.45. The third kappa shape index (κ3) is 2.27. The van der Waals surface area contributed by atoms with Crippen molar-refractivity contribution in [3.8, 4) is 0 Å². The van der Waals surface area contributed by atoms with E-state index in [1.165, 1.54) is 16.7 Å². The highest BCUT2D eigenvalue weighted by atomic mass is 79.9. The molecule has 0 radical (unpaired) electrons. The summed E-state index contributed by atoms with van der Waals surface area (Å²) in [7, 11) is 1.55. The molecule has 2 rings (SSSR count).